The fraction of sp³-hybridized carbons (Fsp3) is 0.533. The molecule has 1 unspecified atom stereocenters. The average Bonchev–Trinajstić information content (AvgIpc) is 2.22. The first-order chi connectivity index (χ1) is 8.67. The lowest BCUT2D eigenvalue weighted by Gasteiger charge is -2.22. The zero-order valence-electron chi connectivity index (χ0n) is 12.2. The zero-order chi connectivity index (χ0) is 14.6. The quantitative estimate of drug-likeness (QED) is 0.729. The molecule has 0 saturated carbocycles. The molecule has 0 aromatic heterocycles. The van der Waals surface area contributed by atoms with Crippen molar-refractivity contribution < 1.29 is 9.90 Å². The molecule has 106 valence electrons. The van der Waals surface area contributed by atoms with Gasteiger partial charge in [-0.05, 0) is 42.5 Å². The first kappa shape index (κ1) is 15.5. The Kier molecular flexibility index (Phi) is 4.95. The maximum absolute atomic E-state index is 11.9. The molecule has 4 nitrogen and oxygen atoms in total. The lowest BCUT2D eigenvalue weighted by molar-refractivity contribution is 0.0868. The van der Waals surface area contributed by atoms with Crippen molar-refractivity contribution in [2.24, 2.45) is 5.41 Å². The highest BCUT2D eigenvalue weighted by Gasteiger charge is 2.17. The van der Waals surface area contributed by atoms with Crippen molar-refractivity contribution in [2.75, 3.05) is 12.3 Å². The first-order valence-electron chi connectivity index (χ1n) is 6.51. The number of aryl methyl sites for hydroxylation is 1. The molecular weight excluding hydrogens is 240 g/mol. The van der Waals surface area contributed by atoms with Gasteiger partial charge in [0.05, 0.1) is 6.10 Å². The van der Waals surface area contributed by atoms with E-state index in [2.05, 4.69) is 26.1 Å². The fourth-order valence-corrected chi connectivity index (χ4v) is 2.04. The third-order valence-electron chi connectivity index (χ3n) is 2.71. The number of amides is 1. The zero-order valence-corrected chi connectivity index (χ0v) is 12.2. The molecule has 0 aliphatic carbocycles. The van der Waals surface area contributed by atoms with E-state index in [9.17, 15) is 9.90 Å². The van der Waals surface area contributed by atoms with Gasteiger partial charge in [-0.1, -0.05) is 20.8 Å². The molecule has 0 radical (unpaired) electrons. The molecule has 4 heteroatoms. The molecule has 1 amide bonds. The summed E-state index contributed by atoms with van der Waals surface area (Å²) in [5.41, 5.74) is 7.79. The summed E-state index contributed by atoms with van der Waals surface area (Å²) in [5, 5.41) is 12.6. The lowest BCUT2D eigenvalue weighted by Crippen LogP contribution is -2.34. The second-order valence-corrected chi connectivity index (χ2v) is 6.26. The number of hydrogen-bond acceptors (Lipinski definition) is 3. The van der Waals surface area contributed by atoms with Crippen LogP contribution in [-0.2, 0) is 0 Å². The van der Waals surface area contributed by atoms with Crippen LogP contribution in [0.25, 0.3) is 0 Å². The Balaban J connectivity index is 2.56. The van der Waals surface area contributed by atoms with Crippen LogP contribution in [0.2, 0.25) is 0 Å². The van der Waals surface area contributed by atoms with E-state index >= 15 is 0 Å². The van der Waals surface area contributed by atoms with Crippen LogP contribution in [0.1, 0.15) is 43.1 Å². The standard InChI is InChI=1S/C15H24N2O2/c1-10-5-11(7-12(16)6-10)14(19)17-9-13(18)8-15(2,3)4/h5-7,13,18H,8-9,16H2,1-4H3,(H,17,19). The molecule has 1 aromatic carbocycles. The monoisotopic (exact) mass is 264 g/mol. The van der Waals surface area contributed by atoms with E-state index in [4.69, 9.17) is 5.73 Å². The number of nitrogens with two attached hydrogens (primary N) is 1. The predicted octanol–water partition coefficient (Wildman–Crippen LogP) is 2.10. The van der Waals surface area contributed by atoms with E-state index in [1.165, 1.54) is 0 Å². The van der Waals surface area contributed by atoms with E-state index in [1.807, 2.05) is 13.0 Å². The number of hydrogen-bond donors (Lipinski definition) is 3. The Morgan fingerprint density at radius 1 is 1.37 bits per heavy atom. The molecular formula is C15H24N2O2. The Hall–Kier alpha value is -1.55. The summed E-state index contributed by atoms with van der Waals surface area (Å²) >= 11 is 0. The number of carbonyl (C=O) groups excluding carboxylic acids is 1. The Labute approximate surface area is 115 Å². The molecule has 0 aliphatic rings. The molecule has 4 N–H and O–H groups in total. The van der Waals surface area contributed by atoms with Crippen LogP contribution in [0.3, 0.4) is 0 Å². The van der Waals surface area contributed by atoms with Crippen LogP contribution in [0.5, 0.6) is 0 Å². The highest BCUT2D eigenvalue weighted by molar-refractivity contribution is 5.95. The third kappa shape index (κ3) is 5.75. The second kappa shape index (κ2) is 6.06. The van der Waals surface area contributed by atoms with E-state index in [0.29, 0.717) is 17.7 Å². The summed E-state index contributed by atoms with van der Waals surface area (Å²) < 4.78 is 0. The summed E-state index contributed by atoms with van der Waals surface area (Å²) in [6.45, 7) is 8.31. The van der Waals surface area contributed by atoms with Crippen molar-refractivity contribution in [1.29, 1.82) is 0 Å². The first-order valence-corrected chi connectivity index (χ1v) is 6.51. The summed E-state index contributed by atoms with van der Waals surface area (Å²) in [4.78, 5) is 11.9. The van der Waals surface area contributed by atoms with Gasteiger partial charge in [0.1, 0.15) is 0 Å². The van der Waals surface area contributed by atoms with Crippen molar-refractivity contribution in [2.45, 2.75) is 40.2 Å². The van der Waals surface area contributed by atoms with Gasteiger partial charge in [0.15, 0.2) is 0 Å². The molecule has 1 atom stereocenters. The van der Waals surface area contributed by atoms with Gasteiger partial charge in [0.2, 0.25) is 0 Å². The topological polar surface area (TPSA) is 75.4 Å². The maximum atomic E-state index is 11.9. The number of carbonyl (C=O) groups is 1. The maximum Gasteiger partial charge on any atom is 0.251 e. The molecule has 0 heterocycles. The third-order valence-corrected chi connectivity index (χ3v) is 2.71. The molecule has 0 saturated heterocycles. The molecule has 0 bridgehead atoms. The molecule has 0 aliphatic heterocycles. The van der Waals surface area contributed by atoms with Gasteiger partial charge in [0.25, 0.3) is 5.91 Å². The predicted molar refractivity (Wildman–Crippen MR) is 78.0 cm³/mol. The number of benzene rings is 1. The molecule has 1 aromatic rings. The van der Waals surface area contributed by atoms with Crippen molar-refractivity contribution in [3.8, 4) is 0 Å². The number of aliphatic hydroxyl groups is 1. The van der Waals surface area contributed by atoms with Crippen LogP contribution in [0.4, 0.5) is 5.69 Å². The van der Waals surface area contributed by atoms with Crippen molar-refractivity contribution >= 4 is 11.6 Å². The smallest absolute Gasteiger partial charge is 0.251 e. The van der Waals surface area contributed by atoms with Gasteiger partial charge in [0, 0.05) is 17.8 Å². The van der Waals surface area contributed by atoms with Gasteiger partial charge in [-0.3, -0.25) is 4.79 Å². The number of nitrogen functional groups attached to an aromatic ring is 1. The minimum atomic E-state index is -0.536. The SMILES string of the molecule is Cc1cc(N)cc(C(=O)NCC(O)CC(C)(C)C)c1. The normalized spacial score (nSPS) is 13.1. The Morgan fingerprint density at radius 3 is 2.53 bits per heavy atom. The van der Waals surface area contributed by atoms with Crippen LogP contribution < -0.4 is 11.1 Å². The lowest BCUT2D eigenvalue weighted by atomic mass is 9.89. The van der Waals surface area contributed by atoms with Gasteiger partial charge in [-0.15, -0.1) is 0 Å². The minimum Gasteiger partial charge on any atom is -0.399 e. The van der Waals surface area contributed by atoms with E-state index in [-0.39, 0.29) is 17.9 Å². The number of anilines is 1. The number of nitrogens with one attached hydrogen (secondary N) is 1. The van der Waals surface area contributed by atoms with Crippen molar-refractivity contribution in [3.63, 3.8) is 0 Å². The highest BCUT2D eigenvalue weighted by Crippen LogP contribution is 2.20. The van der Waals surface area contributed by atoms with E-state index in [1.54, 1.807) is 12.1 Å². The number of rotatable bonds is 4. The van der Waals surface area contributed by atoms with Crippen LogP contribution in [-0.4, -0.2) is 23.7 Å². The Morgan fingerprint density at radius 2 is 2.00 bits per heavy atom. The van der Waals surface area contributed by atoms with E-state index < -0.39 is 6.10 Å². The fourth-order valence-electron chi connectivity index (χ4n) is 2.04. The number of aliphatic hydroxyl groups excluding tert-OH is 1. The van der Waals surface area contributed by atoms with Crippen molar-refractivity contribution in [3.05, 3.63) is 29.3 Å². The second-order valence-electron chi connectivity index (χ2n) is 6.26. The average molecular weight is 264 g/mol. The van der Waals surface area contributed by atoms with E-state index in [0.717, 1.165) is 5.56 Å². The summed E-state index contributed by atoms with van der Waals surface area (Å²) in [7, 11) is 0. The van der Waals surface area contributed by atoms with Crippen molar-refractivity contribution in [1.82, 2.24) is 5.32 Å². The highest BCUT2D eigenvalue weighted by atomic mass is 16.3. The summed E-state index contributed by atoms with van der Waals surface area (Å²) in [6.07, 6.45) is 0.106. The minimum absolute atomic E-state index is 0.0396. The van der Waals surface area contributed by atoms with Gasteiger partial charge in [-0.25, -0.2) is 0 Å². The van der Waals surface area contributed by atoms with Gasteiger partial charge >= 0.3 is 0 Å². The van der Waals surface area contributed by atoms with Crippen LogP contribution >= 0.6 is 0 Å². The molecule has 1 rings (SSSR count). The van der Waals surface area contributed by atoms with Gasteiger partial charge in [-0.2, -0.15) is 0 Å². The van der Waals surface area contributed by atoms with Crippen LogP contribution in [0, 0.1) is 12.3 Å². The summed E-state index contributed by atoms with van der Waals surface area (Å²) in [6, 6.07) is 5.23. The van der Waals surface area contributed by atoms with Crippen LogP contribution in [0.15, 0.2) is 18.2 Å². The van der Waals surface area contributed by atoms with Gasteiger partial charge < -0.3 is 16.2 Å². The largest absolute Gasteiger partial charge is 0.399 e. The molecule has 0 fully saturated rings. The molecule has 19 heavy (non-hydrogen) atoms. The molecule has 0 spiro atoms. The Bertz CT molecular complexity index is 430. The summed E-state index contributed by atoms with van der Waals surface area (Å²) in [5.74, 6) is -0.205.